The lowest BCUT2D eigenvalue weighted by Crippen LogP contribution is -2.00. The van der Waals surface area contributed by atoms with Gasteiger partial charge in [0.2, 0.25) is 0 Å². The third-order valence-electron chi connectivity index (χ3n) is 1.76. The van der Waals surface area contributed by atoms with E-state index in [0.29, 0.717) is 11.8 Å². The highest BCUT2D eigenvalue weighted by atomic mass is 19.1. The molecule has 0 aromatic heterocycles. The molecule has 2 nitrogen and oxygen atoms in total. The molecule has 0 aliphatic heterocycles. The molecule has 68 valence electrons. The average molecular weight is 180 g/mol. The number of Topliss-reactive ketones (excluding diaryl/α,β-unsaturated/α-hetero) is 1. The van der Waals surface area contributed by atoms with Crippen LogP contribution in [0.25, 0.3) is 0 Å². The molecule has 0 bridgehead atoms. The number of hydrogen-bond acceptors (Lipinski definition) is 2. The number of halogens is 1. The number of carbonyl (C=O) groups is 2. The molecule has 0 heterocycles. The Hall–Kier alpha value is -1.51. The van der Waals surface area contributed by atoms with Gasteiger partial charge in [-0.2, -0.15) is 0 Å². The zero-order valence-corrected chi connectivity index (χ0v) is 7.21. The van der Waals surface area contributed by atoms with Gasteiger partial charge in [0.05, 0.1) is 6.42 Å². The molecule has 0 saturated heterocycles. The smallest absolute Gasteiger partial charge is 0.170 e. The van der Waals surface area contributed by atoms with E-state index in [2.05, 4.69) is 0 Å². The molecule has 0 aliphatic rings. The number of aryl methyl sites for hydroxylation is 1. The summed E-state index contributed by atoms with van der Waals surface area (Å²) in [6, 6.07) is 4.19. The highest BCUT2D eigenvalue weighted by Gasteiger charge is 2.06. The van der Waals surface area contributed by atoms with Crippen molar-refractivity contribution < 1.29 is 14.0 Å². The Morgan fingerprint density at radius 1 is 1.54 bits per heavy atom. The Morgan fingerprint density at radius 2 is 2.23 bits per heavy atom. The van der Waals surface area contributed by atoms with E-state index < -0.39 is 5.82 Å². The highest BCUT2D eigenvalue weighted by molar-refractivity contribution is 6.02. The number of rotatable bonds is 3. The number of ketones is 1. The van der Waals surface area contributed by atoms with Crippen LogP contribution in [0.3, 0.4) is 0 Å². The van der Waals surface area contributed by atoms with E-state index in [1.54, 1.807) is 6.92 Å². The number of aldehydes is 1. The summed E-state index contributed by atoms with van der Waals surface area (Å²) < 4.78 is 12.9. The van der Waals surface area contributed by atoms with Gasteiger partial charge in [0.1, 0.15) is 12.1 Å². The number of benzene rings is 1. The molecule has 0 aliphatic carbocycles. The Labute approximate surface area is 75.4 Å². The summed E-state index contributed by atoms with van der Waals surface area (Å²) >= 11 is 0. The zero-order chi connectivity index (χ0) is 9.84. The van der Waals surface area contributed by atoms with Crippen LogP contribution in [0.5, 0.6) is 0 Å². The van der Waals surface area contributed by atoms with Gasteiger partial charge >= 0.3 is 0 Å². The van der Waals surface area contributed by atoms with Crippen LogP contribution in [0.2, 0.25) is 0 Å². The van der Waals surface area contributed by atoms with Crippen molar-refractivity contribution in [1.29, 1.82) is 0 Å². The third-order valence-corrected chi connectivity index (χ3v) is 1.76. The van der Waals surface area contributed by atoms with Crippen LogP contribution in [-0.4, -0.2) is 12.1 Å². The summed E-state index contributed by atoms with van der Waals surface area (Å²) in [5, 5.41) is 0. The molecule has 1 aromatic carbocycles. The molecule has 13 heavy (non-hydrogen) atoms. The molecule has 1 aromatic rings. The van der Waals surface area contributed by atoms with Gasteiger partial charge in [-0.1, -0.05) is 12.1 Å². The van der Waals surface area contributed by atoms with Crippen LogP contribution < -0.4 is 0 Å². The molecule has 0 saturated carbocycles. The van der Waals surface area contributed by atoms with E-state index in [9.17, 15) is 14.0 Å². The van der Waals surface area contributed by atoms with Gasteiger partial charge in [0.15, 0.2) is 5.78 Å². The minimum Gasteiger partial charge on any atom is -0.303 e. The molecular formula is C10H9FO2. The van der Waals surface area contributed by atoms with Crippen LogP contribution >= 0.6 is 0 Å². The fraction of sp³-hybridized carbons (Fsp3) is 0.200. The maximum atomic E-state index is 12.9. The monoisotopic (exact) mass is 180 g/mol. The Balaban J connectivity index is 2.96. The minimum absolute atomic E-state index is 0.192. The van der Waals surface area contributed by atoms with E-state index in [1.165, 1.54) is 12.1 Å². The lowest BCUT2D eigenvalue weighted by atomic mass is 10.1. The minimum atomic E-state index is -0.420. The standard InChI is InChI=1S/C10H9FO2/c1-7-2-3-8(6-9(7)11)10(13)4-5-12/h2-3,5-6H,4H2,1H3. The molecule has 0 spiro atoms. The van der Waals surface area contributed by atoms with Crippen LogP contribution in [0.1, 0.15) is 22.3 Å². The first-order valence-corrected chi connectivity index (χ1v) is 3.88. The normalized spacial score (nSPS) is 9.69. The molecular weight excluding hydrogens is 171 g/mol. The van der Waals surface area contributed by atoms with Crippen molar-refractivity contribution >= 4 is 12.1 Å². The van der Waals surface area contributed by atoms with Gasteiger partial charge in [0, 0.05) is 5.56 Å². The van der Waals surface area contributed by atoms with E-state index in [-0.39, 0.29) is 17.8 Å². The predicted molar refractivity (Wildman–Crippen MR) is 46.1 cm³/mol. The van der Waals surface area contributed by atoms with Crippen molar-refractivity contribution in [2.45, 2.75) is 13.3 Å². The fourth-order valence-electron chi connectivity index (χ4n) is 0.960. The lowest BCUT2D eigenvalue weighted by Gasteiger charge is -1.99. The van der Waals surface area contributed by atoms with Gasteiger partial charge in [-0.05, 0) is 18.6 Å². The highest BCUT2D eigenvalue weighted by Crippen LogP contribution is 2.10. The van der Waals surface area contributed by atoms with Gasteiger partial charge in [0.25, 0.3) is 0 Å². The quantitative estimate of drug-likeness (QED) is 0.404. The van der Waals surface area contributed by atoms with E-state index in [1.807, 2.05) is 0 Å². The Bertz CT molecular complexity index is 345. The first kappa shape index (κ1) is 9.58. The summed E-state index contributed by atoms with van der Waals surface area (Å²) in [6.45, 7) is 1.61. The van der Waals surface area contributed by atoms with E-state index in [0.717, 1.165) is 6.07 Å². The summed E-state index contributed by atoms with van der Waals surface area (Å²) in [4.78, 5) is 21.1. The molecule has 0 fully saturated rings. The van der Waals surface area contributed by atoms with Gasteiger partial charge in [-0.3, -0.25) is 4.79 Å². The molecule has 0 N–H and O–H groups in total. The second kappa shape index (κ2) is 3.94. The van der Waals surface area contributed by atoms with Crippen molar-refractivity contribution in [3.8, 4) is 0 Å². The molecule has 1 rings (SSSR count). The zero-order valence-electron chi connectivity index (χ0n) is 7.21. The molecule has 0 unspecified atom stereocenters. The van der Waals surface area contributed by atoms with Gasteiger partial charge in [-0.25, -0.2) is 4.39 Å². The van der Waals surface area contributed by atoms with Crippen LogP contribution in [0.4, 0.5) is 4.39 Å². The predicted octanol–water partition coefficient (Wildman–Crippen LogP) is 1.91. The van der Waals surface area contributed by atoms with Crippen molar-refractivity contribution in [2.24, 2.45) is 0 Å². The number of hydrogen-bond donors (Lipinski definition) is 0. The van der Waals surface area contributed by atoms with Crippen molar-refractivity contribution in [3.05, 3.63) is 35.1 Å². The van der Waals surface area contributed by atoms with Crippen molar-refractivity contribution in [2.75, 3.05) is 0 Å². The van der Waals surface area contributed by atoms with Gasteiger partial charge < -0.3 is 4.79 Å². The van der Waals surface area contributed by atoms with Crippen molar-refractivity contribution in [1.82, 2.24) is 0 Å². The third kappa shape index (κ3) is 2.21. The molecule has 0 radical (unpaired) electrons. The van der Waals surface area contributed by atoms with Gasteiger partial charge in [-0.15, -0.1) is 0 Å². The Morgan fingerprint density at radius 3 is 2.77 bits per heavy atom. The van der Waals surface area contributed by atoms with E-state index in [4.69, 9.17) is 0 Å². The largest absolute Gasteiger partial charge is 0.303 e. The maximum absolute atomic E-state index is 12.9. The first-order valence-electron chi connectivity index (χ1n) is 3.88. The topological polar surface area (TPSA) is 34.1 Å². The second-order valence-corrected chi connectivity index (χ2v) is 2.76. The molecule has 3 heteroatoms. The SMILES string of the molecule is Cc1ccc(C(=O)CC=O)cc1F. The summed E-state index contributed by atoms with van der Waals surface area (Å²) in [5.74, 6) is -0.773. The first-order chi connectivity index (χ1) is 6.15. The Kier molecular flexibility index (Phi) is 2.90. The fourth-order valence-corrected chi connectivity index (χ4v) is 0.960. The van der Waals surface area contributed by atoms with Crippen LogP contribution in [-0.2, 0) is 4.79 Å². The van der Waals surface area contributed by atoms with Crippen LogP contribution in [0, 0.1) is 12.7 Å². The van der Waals surface area contributed by atoms with E-state index >= 15 is 0 Å². The molecule has 0 atom stereocenters. The summed E-state index contributed by atoms with van der Waals surface area (Å²) in [6.07, 6.45) is 0.322. The summed E-state index contributed by atoms with van der Waals surface area (Å²) in [7, 11) is 0. The summed E-state index contributed by atoms with van der Waals surface area (Å²) in [5.41, 5.74) is 0.734. The molecule has 0 amide bonds. The van der Waals surface area contributed by atoms with Crippen LogP contribution in [0.15, 0.2) is 18.2 Å². The maximum Gasteiger partial charge on any atom is 0.170 e. The average Bonchev–Trinajstić information content (AvgIpc) is 2.10. The lowest BCUT2D eigenvalue weighted by molar-refractivity contribution is -0.107. The number of carbonyl (C=O) groups excluding carboxylic acids is 2. The second-order valence-electron chi connectivity index (χ2n) is 2.76. The van der Waals surface area contributed by atoms with Crippen molar-refractivity contribution in [3.63, 3.8) is 0 Å².